The Labute approximate surface area is 129 Å². The van der Waals surface area contributed by atoms with Crippen LogP contribution in [0.1, 0.15) is 28.7 Å². The number of aryl methyl sites for hydroxylation is 1. The lowest BCUT2D eigenvalue weighted by Crippen LogP contribution is -2.32. The molecule has 0 aliphatic heterocycles. The minimum atomic E-state index is -4.58. The summed E-state index contributed by atoms with van der Waals surface area (Å²) >= 11 is 0. The van der Waals surface area contributed by atoms with Crippen molar-refractivity contribution in [2.24, 2.45) is 0 Å². The zero-order chi connectivity index (χ0) is 17.2. The number of carbonyl (C=O) groups is 1. The second-order valence-corrected chi connectivity index (χ2v) is 4.78. The van der Waals surface area contributed by atoms with Crippen molar-refractivity contribution in [3.05, 3.63) is 57.5 Å². The number of nitrogens with one attached hydrogen (secondary N) is 1. The van der Waals surface area contributed by atoms with Gasteiger partial charge in [-0.05, 0) is 26.0 Å². The highest BCUT2D eigenvalue weighted by atomic mass is 19.4. The van der Waals surface area contributed by atoms with Crippen LogP contribution in [0.15, 0.2) is 35.1 Å². The largest absolute Gasteiger partial charge is 0.418 e. The second kappa shape index (κ2) is 6.23. The maximum Gasteiger partial charge on any atom is 0.418 e. The maximum atomic E-state index is 13.1. The Balaban J connectivity index is 2.68. The van der Waals surface area contributed by atoms with E-state index in [2.05, 4.69) is 10.4 Å². The molecule has 2 rings (SSSR count). The topological polar surface area (TPSA) is 64.0 Å². The smallest absolute Gasteiger partial charge is 0.351 e. The van der Waals surface area contributed by atoms with Crippen molar-refractivity contribution in [2.45, 2.75) is 20.0 Å². The quantitative estimate of drug-likeness (QED) is 0.942. The van der Waals surface area contributed by atoms with Gasteiger partial charge in [-0.1, -0.05) is 12.1 Å². The molecule has 0 saturated carbocycles. The van der Waals surface area contributed by atoms with Crippen LogP contribution in [0, 0.1) is 6.92 Å². The molecule has 0 aliphatic carbocycles. The molecular weight excluding hydrogens is 311 g/mol. The minimum Gasteiger partial charge on any atom is -0.351 e. The van der Waals surface area contributed by atoms with Crippen LogP contribution in [0.25, 0.3) is 5.69 Å². The van der Waals surface area contributed by atoms with Crippen LogP contribution in [0.4, 0.5) is 13.2 Å². The molecule has 0 spiro atoms. The molecule has 0 unspecified atom stereocenters. The van der Waals surface area contributed by atoms with Crippen molar-refractivity contribution < 1.29 is 18.0 Å². The number of nitrogens with zero attached hydrogens (tertiary/aromatic N) is 2. The minimum absolute atomic E-state index is 0.194. The molecule has 0 atom stereocenters. The molecule has 0 saturated heterocycles. The number of hydrogen-bond acceptors (Lipinski definition) is 3. The van der Waals surface area contributed by atoms with E-state index in [0.717, 1.165) is 16.8 Å². The molecule has 2 aromatic rings. The average molecular weight is 325 g/mol. The SMILES string of the molecule is CCNC(=O)c1nn(-c2ccccc2C(F)(F)F)c(C)cc1=O. The van der Waals surface area contributed by atoms with Crippen molar-refractivity contribution >= 4 is 5.91 Å². The van der Waals surface area contributed by atoms with E-state index in [0.29, 0.717) is 0 Å². The Morgan fingerprint density at radius 2 is 1.96 bits per heavy atom. The summed E-state index contributed by atoms with van der Waals surface area (Å²) < 4.78 is 40.4. The molecule has 0 bridgehead atoms. The van der Waals surface area contributed by atoms with E-state index >= 15 is 0 Å². The van der Waals surface area contributed by atoms with E-state index in [4.69, 9.17) is 0 Å². The second-order valence-electron chi connectivity index (χ2n) is 4.78. The fourth-order valence-electron chi connectivity index (χ4n) is 2.09. The van der Waals surface area contributed by atoms with E-state index < -0.39 is 28.8 Å². The van der Waals surface area contributed by atoms with Gasteiger partial charge in [0.25, 0.3) is 5.91 Å². The molecule has 1 aromatic carbocycles. The number of amides is 1. The first-order valence-corrected chi connectivity index (χ1v) is 6.81. The summed E-state index contributed by atoms with van der Waals surface area (Å²) in [4.78, 5) is 23.7. The lowest BCUT2D eigenvalue weighted by molar-refractivity contribution is -0.137. The number of alkyl halides is 3. The molecule has 1 aromatic heterocycles. The lowest BCUT2D eigenvalue weighted by Gasteiger charge is -2.16. The fraction of sp³-hybridized carbons (Fsp3) is 0.267. The van der Waals surface area contributed by atoms with Crippen molar-refractivity contribution in [3.63, 3.8) is 0 Å². The van der Waals surface area contributed by atoms with Crippen LogP contribution in [-0.4, -0.2) is 22.2 Å². The third-order valence-corrected chi connectivity index (χ3v) is 3.10. The Morgan fingerprint density at radius 1 is 1.30 bits per heavy atom. The van der Waals surface area contributed by atoms with Gasteiger partial charge in [0.15, 0.2) is 5.69 Å². The van der Waals surface area contributed by atoms with E-state index in [-0.39, 0.29) is 17.9 Å². The summed E-state index contributed by atoms with van der Waals surface area (Å²) in [5, 5.41) is 6.24. The first-order chi connectivity index (χ1) is 10.8. The molecule has 0 radical (unpaired) electrons. The lowest BCUT2D eigenvalue weighted by atomic mass is 10.1. The molecule has 23 heavy (non-hydrogen) atoms. The van der Waals surface area contributed by atoms with Crippen LogP contribution < -0.4 is 10.7 Å². The van der Waals surface area contributed by atoms with Gasteiger partial charge in [-0.2, -0.15) is 18.3 Å². The van der Waals surface area contributed by atoms with Gasteiger partial charge in [0.05, 0.1) is 11.3 Å². The Bertz CT molecular complexity index is 797. The number of para-hydroxylation sites is 1. The van der Waals surface area contributed by atoms with Crippen LogP contribution >= 0.6 is 0 Å². The number of rotatable bonds is 3. The highest BCUT2D eigenvalue weighted by Gasteiger charge is 2.34. The predicted octanol–water partition coefficient (Wildman–Crippen LogP) is 2.31. The number of benzene rings is 1. The van der Waals surface area contributed by atoms with Gasteiger partial charge < -0.3 is 5.32 Å². The molecule has 0 fully saturated rings. The van der Waals surface area contributed by atoms with Gasteiger partial charge in [0, 0.05) is 18.3 Å². The highest BCUT2D eigenvalue weighted by Crippen LogP contribution is 2.33. The van der Waals surface area contributed by atoms with Crippen molar-refractivity contribution in [3.8, 4) is 5.69 Å². The van der Waals surface area contributed by atoms with Crippen molar-refractivity contribution in [2.75, 3.05) is 6.54 Å². The van der Waals surface area contributed by atoms with Crippen LogP contribution in [0.3, 0.4) is 0 Å². The third kappa shape index (κ3) is 3.41. The zero-order valence-electron chi connectivity index (χ0n) is 12.4. The van der Waals surface area contributed by atoms with E-state index in [1.165, 1.54) is 25.1 Å². The first-order valence-electron chi connectivity index (χ1n) is 6.81. The van der Waals surface area contributed by atoms with E-state index in [9.17, 15) is 22.8 Å². The van der Waals surface area contributed by atoms with E-state index in [1.807, 2.05) is 0 Å². The van der Waals surface area contributed by atoms with E-state index in [1.54, 1.807) is 6.92 Å². The van der Waals surface area contributed by atoms with Crippen molar-refractivity contribution in [1.29, 1.82) is 0 Å². The molecular formula is C15H14F3N3O2. The van der Waals surface area contributed by atoms with Crippen LogP contribution in [0.5, 0.6) is 0 Å². The molecule has 0 aliphatic rings. The standard InChI is InChI=1S/C15H14F3N3O2/c1-3-19-14(23)13-12(22)8-9(2)21(20-13)11-7-5-4-6-10(11)15(16,17)18/h4-8H,3H2,1-2H3,(H,19,23). The molecule has 1 amide bonds. The molecule has 8 heteroatoms. The van der Waals surface area contributed by atoms with Gasteiger partial charge in [-0.25, -0.2) is 4.68 Å². The van der Waals surface area contributed by atoms with Crippen LogP contribution in [0.2, 0.25) is 0 Å². The van der Waals surface area contributed by atoms with Gasteiger partial charge in [0.1, 0.15) is 0 Å². The summed E-state index contributed by atoms with van der Waals surface area (Å²) in [5.41, 5.74) is -2.05. The average Bonchev–Trinajstić information content (AvgIpc) is 2.46. The summed E-state index contributed by atoms with van der Waals surface area (Å²) in [7, 11) is 0. The molecule has 1 N–H and O–H groups in total. The fourth-order valence-corrected chi connectivity index (χ4v) is 2.09. The number of carbonyl (C=O) groups excluding carboxylic acids is 1. The maximum absolute atomic E-state index is 13.1. The molecule has 5 nitrogen and oxygen atoms in total. The summed E-state index contributed by atoms with van der Waals surface area (Å²) in [6.07, 6.45) is -4.58. The van der Waals surface area contributed by atoms with Gasteiger partial charge in [-0.15, -0.1) is 0 Å². The van der Waals surface area contributed by atoms with Gasteiger partial charge >= 0.3 is 6.18 Å². The number of hydrogen-bond donors (Lipinski definition) is 1. The van der Waals surface area contributed by atoms with Gasteiger partial charge in [0.2, 0.25) is 5.43 Å². The highest BCUT2D eigenvalue weighted by molar-refractivity contribution is 5.91. The Kier molecular flexibility index (Phi) is 4.53. The Morgan fingerprint density at radius 3 is 2.57 bits per heavy atom. The zero-order valence-corrected chi connectivity index (χ0v) is 12.4. The van der Waals surface area contributed by atoms with Crippen LogP contribution in [-0.2, 0) is 6.18 Å². The summed E-state index contributed by atoms with van der Waals surface area (Å²) in [6.45, 7) is 3.37. The van der Waals surface area contributed by atoms with Gasteiger partial charge in [-0.3, -0.25) is 9.59 Å². The molecule has 122 valence electrons. The monoisotopic (exact) mass is 325 g/mol. The predicted molar refractivity (Wildman–Crippen MR) is 77.6 cm³/mol. The Hall–Kier alpha value is -2.64. The molecule has 1 heterocycles. The number of aromatic nitrogens is 2. The summed E-state index contributed by atoms with van der Waals surface area (Å²) in [5.74, 6) is -0.726. The third-order valence-electron chi connectivity index (χ3n) is 3.10. The first kappa shape index (κ1) is 16.7. The number of halogens is 3. The summed E-state index contributed by atoms with van der Waals surface area (Å²) in [6, 6.07) is 5.92. The normalized spacial score (nSPS) is 11.3. The van der Waals surface area contributed by atoms with Crippen molar-refractivity contribution in [1.82, 2.24) is 15.1 Å².